The predicted molar refractivity (Wildman–Crippen MR) is 66.7 cm³/mol. The van der Waals surface area contributed by atoms with Gasteiger partial charge in [-0.1, -0.05) is 15.9 Å². The zero-order chi connectivity index (χ0) is 14.6. The number of esters is 1. The third-order valence-corrected chi connectivity index (χ3v) is 2.54. The first kappa shape index (κ1) is 15.1. The topological polar surface area (TPSA) is 98.5 Å². The van der Waals surface area contributed by atoms with Gasteiger partial charge in [0.25, 0.3) is 5.91 Å². The van der Waals surface area contributed by atoms with E-state index in [-0.39, 0.29) is 5.56 Å². The maximum atomic E-state index is 13.4. The Kier molecular flexibility index (Phi) is 4.99. The largest absolute Gasteiger partial charge is 0.449 e. The monoisotopic (exact) mass is 332 g/mol. The van der Waals surface area contributed by atoms with Crippen LogP contribution in [-0.2, 0) is 9.53 Å². The third kappa shape index (κ3) is 4.32. The molecule has 0 spiro atoms. The van der Waals surface area contributed by atoms with Gasteiger partial charge in [-0.05, 0) is 25.1 Å². The van der Waals surface area contributed by atoms with Gasteiger partial charge in [0.05, 0.1) is 5.56 Å². The molecule has 6 nitrogen and oxygen atoms in total. The van der Waals surface area contributed by atoms with Gasteiger partial charge in [0.2, 0.25) is 0 Å². The highest BCUT2D eigenvalue weighted by atomic mass is 79.9. The molecule has 0 heterocycles. The lowest BCUT2D eigenvalue weighted by Crippen LogP contribution is -2.42. The van der Waals surface area contributed by atoms with Crippen LogP contribution in [0.4, 0.5) is 9.18 Å². The second-order valence-corrected chi connectivity index (χ2v) is 4.44. The molecule has 3 N–H and O–H groups in total. The fourth-order valence-electron chi connectivity index (χ4n) is 1.15. The molecule has 1 aromatic carbocycles. The number of carbonyl (C=O) groups excluding carboxylic acids is 3. The number of halogens is 2. The summed E-state index contributed by atoms with van der Waals surface area (Å²) in [6.45, 7) is 1.23. The highest BCUT2D eigenvalue weighted by Crippen LogP contribution is 2.17. The molecule has 0 aliphatic rings. The molecule has 1 unspecified atom stereocenters. The van der Waals surface area contributed by atoms with Crippen molar-refractivity contribution in [1.82, 2.24) is 5.32 Å². The van der Waals surface area contributed by atoms with E-state index in [0.717, 1.165) is 6.07 Å². The molecule has 0 aliphatic carbocycles. The number of nitrogens with two attached hydrogens (primary N) is 1. The quantitative estimate of drug-likeness (QED) is 0.815. The molecule has 8 heteroatoms. The van der Waals surface area contributed by atoms with Crippen molar-refractivity contribution in [2.75, 3.05) is 0 Å². The van der Waals surface area contributed by atoms with Crippen LogP contribution in [0.1, 0.15) is 17.3 Å². The van der Waals surface area contributed by atoms with Gasteiger partial charge in [-0.3, -0.25) is 10.1 Å². The minimum Gasteiger partial charge on any atom is -0.449 e. The Balaban J connectivity index is 2.77. The molecule has 102 valence electrons. The van der Waals surface area contributed by atoms with E-state index in [1.165, 1.54) is 19.1 Å². The minimum absolute atomic E-state index is 0.326. The number of nitrogens with one attached hydrogen (secondary N) is 1. The van der Waals surface area contributed by atoms with Gasteiger partial charge in [0.1, 0.15) is 5.82 Å². The van der Waals surface area contributed by atoms with Crippen LogP contribution >= 0.6 is 15.9 Å². The first-order valence-electron chi connectivity index (χ1n) is 5.07. The van der Waals surface area contributed by atoms with Crippen LogP contribution < -0.4 is 11.1 Å². The Morgan fingerprint density at radius 1 is 1.42 bits per heavy atom. The molecule has 0 fully saturated rings. The Morgan fingerprint density at radius 3 is 2.63 bits per heavy atom. The molecule has 19 heavy (non-hydrogen) atoms. The number of imide groups is 1. The summed E-state index contributed by atoms with van der Waals surface area (Å²) in [6, 6.07) is 2.64. The Hall–Kier alpha value is -1.96. The van der Waals surface area contributed by atoms with Crippen LogP contribution in [0.3, 0.4) is 0 Å². The second kappa shape index (κ2) is 6.28. The molecular weight excluding hydrogens is 323 g/mol. The lowest BCUT2D eigenvalue weighted by Gasteiger charge is -2.12. The average Bonchev–Trinajstić information content (AvgIpc) is 2.31. The molecule has 1 rings (SSSR count). The van der Waals surface area contributed by atoms with Gasteiger partial charge in [-0.25, -0.2) is 14.0 Å². The van der Waals surface area contributed by atoms with Crippen molar-refractivity contribution in [3.05, 3.63) is 34.1 Å². The summed E-state index contributed by atoms with van der Waals surface area (Å²) in [5, 5.41) is 1.75. The summed E-state index contributed by atoms with van der Waals surface area (Å²) < 4.78 is 18.6. The number of hydrogen-bond donors (Lipinski definition) is 2. The van der Waals surface area contributed by atoms with Crippen molar-refractivity contribution < 1.29 is 23.5 Å². The molecule has 0 saturated heterocycles. The van der Waals surface area contributed by atoms with E-state index in [1.807, 2.05) is 0 Å². The Bertz CT molecular complexity index is 535. The van der Waals surface area contributed by atoms with E-state index >= 15 is 0 Å². The van der Waals surface area contributed by atoms with Crippen LogP contribution in [-0.4, -0.2) is 24.0 Å². The average molecular weight is 333 g/mol. The molecular formula is C11H10BrFN2O4. The van der Waals surface area contributed by atoms with Gasteiger partial charge >= 0.3 is 12.0 Å². The third-order valence-electron chi connectivity index (χ3n) is 2.05. The number of ether oxygens (including phenoxy) is 1. The van der Waals surface area contributed by atoms with Crippen molar-refractivity contribution >= 4 is 33.8 Å². The highest BCUT2D eigenvalue weighted by Gasteiger charge is 2.22. The zero-order valence-corrected chi connectivity index (χ0v) is 11.4. The van der Waals surface area contributed by atoms with Crippen LogP contribution in [0.2, 0.25) is 0 Å². The lowest BCUT2D eigenvalue weighted by atomic mass is 10.2. The zero-order valence-electron chi connectivity index (χ0n) is 9.78. The lowest BCUT2D eigenvalue weighted by molar-refractivity contribution is -0.127. The summed E-state index contributed by atoms with van der Waals surface area (Å²) in [5.41, 5.74) is 4.41. The van der Waals surface area contributed by atoms with E-state index < -0.39 is 29.8 Å². The fraction of sp³-hybridized carbons (Fsp3) is 0.182. The Morgan fingerprint density at radius 2 is 2.05 bits per heavy atom. The summed E-state index contributed by atoms with van der Waals surface area (Å²) in [7, 11) is 0. The van der Waals surface area contributed by atoms with Crippen molar-refractivity contribution in [1.29, 1.82) is 0 Å². The van der Waals surface area contributed by atoms with Crippen LogP contribution in [0, 0.1) is 5.82 Å². The van der Waals surface area contributed by atoms with E-state index in [0.29, 0.717) is 4.47 Å². The summed E-state index contributed by atoms with van der Waals surface area (Å²) in [4.78, 5) is 33.4. The van der Waals surface area contributed by atoms with Gasteiger partial charge in [-0.15, -0.1) is 0 Å². The molecule has 1 aromatic rings. The molecule has 0 saturated carbocycles. The van der Waals surface area contributed by atoms with Crippen molar-refractivity contribution in [3.63, 3.8) is 0 Å². The van der Waals surface area contributed by atoms with Crippen molar-refractivity contribution in [2.45, 2.75) is 13.0 Å². The number of benzene rings is 1. The number of hydrogen-bond acceptors (Lipinski definition) is 4. The van der Waals surface area contributed by atoms with Crippen molar-refractivity contribution in [2.24, 2.45) is 5.73 Å². The minimum atomic E-state index is -1.28. The number of rotatable bonds is 3. The Labute approximate surface area is 116 Å². The van der Waals surface area contributed by atoms with E-state index in [2.05, 4.69) is 15.9 Å². The summed E-state index contributed by atoms with van der Waals surface area (Å²) in [6.07, 6.45) is -1.28. The summed E-state index contributed by atoms with van der Waals surface area (Å²) in [5.74, 6) is -2.70. The highest BCUT2D eigenvalue weighted by molar-refractivity contribution is 9.10. The van der Waals surface area contributed by atoms with Crippen LogP contribution in [0.25, 0.3) is 0 Å². The van der Waals surface area contributed by atoms with E-state index in [9.17, 15) is 18.8 Å². The smallest absolute Gasteiger partial charge is 0.341 e. The molecule has 0 bridgehead atoms. The predicted octanol–water partition coefficient (Wildman–Crippen LogP) is 1.33. The SMILES string of the molecule is CC(OC(=O)c1cc(Br)ccc1F)C(=O)NC(N)=O. The van der Waals surface area contributed by atoms with Crippen LogP contribution in [0.5, 0.6) is 0 Å². The van der Waals surface area contributed by atoms with E-state index in [1.54, 1.807) is 5.32 Å². The van der Waals surface area contributed by atoms with E-state index in [4.69, 9.17) is 10.5 Å². The number of amides is 3. The number of urea groups is 1. The molecule has 1 atom stereocenters. The maximum Gasteiger partial charge on any atom is 0.341 e. The first-order chi connectivity index (χ1) is 8.81. The van der Waals surface area contributed by atoms with Gasteiger partial charge < -0.3 is 10.5 Å². The van der Waals surface area contributed by atoms with Gasteiger partial charge in [-0.2, -0.15) is 0 Å². The fourth-order valence-corrected chi connectivity index (χ4v) is 1.52. The maximum absolute atomic E-state index is 13.4. The van der Waals surface area contributed by atoms with Gasteiger partial charge in [0.15, 0.2) is 6.10 Å². The van der Waals surface area contributed by atoms with Crippen LogP contribution in [0.15, 0.2) is 22.7 Å². The first-order valence-corrected chi connectivity index (χ1v) is 5.87. The normalized spacial score (nSPS) is 11.5. The second-order valence-electron chi connectivity index (χ2n) is 3.53. The molecule has 3 amide bonds. The molecule has 0 radical (unpaired) electrons. The number of carbonyl (C=O) groups is 3. The molecule has 0 aliphatic heterocycles. The van der Waals surface area contributed by atoms with Crippen molar-refractivity contribution in [3.8, 4) is 0 Å². The summed E-state index contributed by atoms with van der Waals surface area (Å²) >= 11 is 3.08. The van der Waals surface area contributed by atoms with Gasteiger partial charge in [0, 0.05) is 4.47 Å². The standard InChI is InChI=1S/C11H10BrFN2O4/c1-5(9(16)15-11(14)18)19-10(17)7-4-6(12)2-3-8(7)13/h2-5H,1H3,(H3,14,15,16,18). The number of primary amides is 1. The molecule has 0 aromatic heterocycles.